The maximum Gasteiger partial charge on any atom is 0.246 e. The molecule has 0 unspecified atom stereocenters. The lowest BCUT2D eigenvalue weighted by Crippen LogP contribution is -2.55. The molecule has 0 radical (unpaired) electrons. The Labute approximate surface area is 135 Å². The number of aromatic nitrogens is 1. The minimum atomic E-state index is -0.141. The summed E-state index contributed by atoms with van der Waals surface area (Å²) in [6, 6.07) is 7.85. The van der Waals surface area contributed by atoms with Gasteiger partial charge in [0.15, 0.2) is 0 Å². The summed E-state index contributed by atoms with van der Waals surface area (Å²) in [5.74, 6) is -0.279. The van der Waals surface area contributed by atoms with Crippen LogP contribution >= 0.6 is 0 Å². The van der Waals surface area contributed by atoms with Gasteiger partial charge in [-0.25, -0.2) is 0 Å². The molecule has 3 rings (SSSR count). The number of hydrogen-bond donors (Lipinski definition) is 1. The molecular weight excluding hydrogens is 290 g/mol. The Morgan fingerprint density at radius 2 is 2.17 bits per heavy atom. The summed E-state index contributed by atoms with van der Waals surface area (Å²) in [5, 5.41) is 5.19. The van der Waals surface area contributed by atoms with Gasteiger partial charge in [0.2, 0.25) is 11.8 Å². The predicted molar refractivity (Wildman–Crippen MR) is 88.6 cm³/mol. The first-order valence-electron chi connectivity index (χ1n) is 7.64. The Morgan fingerprint density at radius 3 is 2.91 bits per heavy atom. The van der Waals surface area contributed by atoms with Crippen molar-refractivity contribution in [3.8, 4) is 0 Å². The zero-order valence-electron chi connectivity index (χ0n) is 13.0. The molecule has 1 aliphatic rings. The van der Waals surface area contributed by atoms with E-state index in [1.54, 1.807) is 11.1 Å². The third-order valence-corrected chi connectivity index (χ3v) is 4.28. The van der Waals surface area contributed by atoms with Crippen molar-refractivity contribution in [2.75, 3.05) is 13.1 Å². The molecule has 5 heteroatoms. The second-order valence-corrected chi connectivity index (χ2v) is 5.82. The van der Waals surface area contributed by atoms with Crippen LogP contribution in [0, 0.1) is 5.92 Å². The summed E-state index contributed by atoms with van der Waals surface area (Å²) in [5.41, 5.74) is 1.07. The zero-order valence-corrected chi connectivity index (χ0v) is 13.0. The summed E-state index contributed by atoms with van der Waals surface area (Å²) >= 11 is 0. The second kappa shape index (κ2) is 6.20. The smallest absolute Gasteiger partial charge is 0.246 e. The number of rotatable bonds is 4. The fourth-order valence-electron chi connectivity index (χ4n) is 2.89. The summed E-state index contributed by atoms with van der Waals surface area (Å²) in [6.45, 7) is 6.35. The van der Waals surface area contributed by atoms with Gasteiger partial charge in [-0.1, -0.05) is 24.8 Å². The topological polar surface area (TPSA) is 62.3 Å². The van der Waals surface area contributed by atoms with Gasteiger partial charge in [-0.05, 0) is 30.0 Å². The maximum atomic E-state index is 12.3. The van der Waals surface area contributed by atoms with Crippen LogP contribution in [-0.2, 0) is 9.59 Å². The number of carbonyl (C=O) groups is 2. The highest BCUT2D eigenvalue weighted by Gasteiger charge is 2.35. The Morgan fingerprint density at radius 1 is 1.39 bits per heavy atom. The number of nitrogens with one attached hydrogen (secondary N) is 1. The van der Waals surface area contributed by atoms with Gasteiger partial charge in [0.1, 0.15) is 0 Å². The minimum absolute atomic E-state index is 0.0170. The number of nitrogens with zero attached hydrogens (tertiary/aromatic N) is 2. The molecule has 0 bridgehead atoms. The third-order valence-electron chi connectivity index (χ3n) is 4.28. The SMILES string of the molecule is C=CC(=O)N1CC(C(=O)N[C@@H](C)c2cccc3cnccc23)C1. The number of carbonyl (C=O) groups excluding carboxylic acids is 2. The van der Waals surface area contributed by atoms with E-state index in [1.165, 1.54) is 6.08 Å². The summed E-state index contributed by atoms with van der Waals surface area (Å²) in [6.07, 6.45) is 4.85. The van der Waals surface area contributed by atoms with Crippen molar-refractivity contribution >= 4 is 22.6 Å². The molecule has 0 saturated carbocycles. The van der Waals surface area contributed by atoms with Crippen LogP contribution in [0.5, 0.6) is 0 Å². The van der Waals surface area contributed by atoms with E-state index < -0.39 is 0 Å². The number of hydrogen-bond acceptors (Lipinski definition) is 3. The molecule has 1 atom stereocenters. The molecule has 5 nitrogen and oxygen atoms in total. The van der Waals surface area contributed by atoms with E-state index in [4.69, 9.17) is 0 Å². The fourth-order valence-corrected chi connectivity index (χ4v) is 2.89. The quantitative estimate of drug-likeness (QED) is 0.879. The van der Waals surface area contributed by atoms with Crippen molar-refractivity contribution in [1.29, 1.82) is 0 Å². The molecule has 0 aliphatic carbocycles. The molecular formula is C18H19N3O2. The number of pyridine rings is 1. The van der Waals surface area contributed by atoms with Gasteiger partial charge >= 0.3 is 0 Å². The summed E-state index contributed by atoms with van der Waals surface area (Å²) in [7, 11) is 0. The van der Waals surface area contributed by atoms with E-state index in [1.807, 2.05) is 37.4 Å². The first-order chi connectivity index (χ1) is 11.1. The molecule has 1 fully saturated rings. The van der Waals surface area contributed by atoms with Gasteiger partial charge in [0.25, 0.3) is 0 Å². The zero-order chi connectivity index (χ0) is 16.4. The van der Waals surface area contributed by atoms with Gasteiger partial charge in [-0.15, -0.1) is 0 Å². The maximum absolute atomic E-state index is 12.3. The standard InChI is InChI=1S/C18H19N3O2/c1-3-17(22)21-10-14(11-21)18(23)20-12(2)15-6-4-5-13-9-19-8-7-16(13)15/h3-9,12,14H,1,10-11H2,2H3,(H,20,23)/t12-/m0/s1. The normalized spacial score (nSPS) is 15.8. The van der Waals surface area contributed by atoms with Crippen LogP contribution in [0.2, 0.25) is 0 Å². The van der Waals surface area contributed by atoms with E-state index in [-0.39, 0.29) is 23.8 Å². The van der Waals surface area contributed by atoms with Crippen molar-refractivity contribution in [3.05, 3.63) is 54.9 Å². The van der Waals surface area contributed by atoms with Crippen LogP contribution in [0.25, 0.3) is 10.8 Å². The molecule has 1 aromatic carbocycles. The van der Waals surface area contributed by atoms with Crippen molar-refractivity contribution in [3.63, 3.8) is 0 Å². The van der Waals surface area contributed by atoms with Crippen LogP contribution in [-0.4, -0.2) is 34.8 Å². The van der Waals surface area contributed by atoms with Crippen molar-refractivity contribution in [2.24, 2.45) is 5.92 Å². The average Bonchev–Trinajstić information content (AvgIpc) is 2.52. The minimum Gasteiger partial charge on any atom is -0.349 e. The van der Waals surface area contributed by atoms with Crippen LogP contribution in [0.4, 0.5) is 0 Å². The predicted octanol–water partition coefficient (Wildman–Crippen LogP) is 2.06. The van der Waals surface area contributed by atoms with Gasteiger partial charge in [-0.2, -0.15) is 0 Å². The third kappa shape index (κ3) is 2.95. The van der Waals surface area contributed by atoms with Crippen molar-refractivity contribution < 1.29 is 9.59 Å². The number of benzene rings is 1. The fraction of sp³-hybridized carbons (Fsp3) is 0.278. The lowest BCUT2D eigenvalue weighted by Gasteiger charge is -2.38. The van der Waals surface area contributed by atoms with E-state index >= 15 is 0 Å². The number of fused-ring (bicyclic) bond motifs is 1. The molecule has 1 aliphatic heterocycles. The first kappa shape index (κ1) is 15.2. The Bertz CT molecular complexity index is 760. The molecule has 118 valence electrons. The van der Waals surface area contributed by atoms with E-state index in [0.29, 0.717) is 13.1 Å². The molecule has 1 aromatic heterocycles. The van der Waals surface area contributed by atoms with E-state index in [9.17, 15) is 9.59 Å². The van der Waals surface area contributed by atoms with Gasteiger partial charge in [0, 0.05) is 30.9 Å². The van der Waals surface area contributed by atoms with E-state index in [2.05, 4.69) is 16.9 Å². The van der Waals surface area contributed by atoms with Gasteiger partial charge in [0.05, 0.1) is 12.0 Å². The Kier molecular flexibility index (Phi) is 4.10. The van der Waals surface area contributed by atoms with E-state index in [0.717, 1.165) is 16.3 Å². The molecule has 23 heavy (non-hydrogen) atoms. The molecule has 1 saturated heterocycles. The Hall–Kier alpha value is -2.69. The Balaban J connectivity index is 1.67. The highest BCUT2D eigenvalue weighted by Crippen LogP contribution is 2.24. The van der Waals surface area contributed by atoms with Crippen LogP contribution in [0.15, 0.2) is 49.3 Å². The number of likely N-dealkylation sites (tertiary alicyclic amines) is 1. The molecule has 2 amide bonds. The summed E-state index contributed by atoms with van der Waals surface area (Å²) in [4.78, 5) is 29.5. The van der Waals surface area contributed by atoms with Gasteiger partial charge < -0.3 is 10.2 Å². The van der Waals surface area contributed by atoms with Crippen LogP contribution in [0.1, 0.15) is 18.5 Å². The lowest BCUT2D eigenvalue weighted by molar-refractivity contribution is -0.139. The molecule has 1 N–H and O–H groups in total. The first-order valence-corrected chi connectivity index (χ1v) is 7.64. The number of amides is 2. The largest absolute Gasteiger partial charge is 0.349 e. The average molecular weight is 309 g/mol. The van der Waals surface area contributed by atoms with Gasteiger partial charge in [-0.3, -0.25) is 14.6 Å². The molecule has 0 spiro atoms. The van der Waals surface area contributed by atoms with Crippen LogP contribution in [0.3, 0.4) is 0 Å². The van der Waals surface area contributed by atoms with Crippen LogP contribution < -0.4 is 5.32 Å². The highest BCUT2D eigenvalue weighted by atomic mass is 16.2. The summed E-state index contributed by atoms with van der Waals surface area (Å²) < 4.78 is 0. The monoisotopic (exact) mass is 309 g/mol. The van der Waals surface area contributed by atoms with Crippen molar-refractivity contribution in [1.82, 2.24) is 15.2 Å². The molecule has 2 heterocycles. The second-order valence-electron chi connectivity index (χ2n) is 5.82. The highest BCUT2D eigenvalue weighted by molar-refractivity contribution is 5.90. The lowest BCUT2D eigenvalue weighted by atomic mass is 9.96. The van der Waals surface area contributed by atoms with Crippen molar-refractivity contribution in [2.45, 2.75) is 13.0 Å². The molecule has 2 aromatic rings.